The molecule has 0 saturated heterocycles. The molecule has 0 aliphatic heterocycles. The zero-order valence-electron chi connectivity index (χ0n) is 8.51. The average molecular weight is 240 g/mol. The molecule has 0 aliphatic carbocycles. The zero-order chi connectivity index (χ0) is 11.9. The molecular weight excluding hydrogens is 230 g/mol. The van der Waals surface area contributed by atoms with Crippen molar-refractivity contribution in [3.8, 4) is 0 Å². The lowest BCUT2D eigenvalue weighted by atomic mass is 10.3. The van der Waals surface area contributed by atoms with Gasteiger partial charge in [0, 0.05) is 6.20 Å². The number of carboxylic acids is 1. The largest absolute Gasteiger partial charge is 0.476 e. The van der Waals surface area contributed by atoms with Gasteiger partial charge in [-0.3, -0.25) is 0 Å². The third-order valence-electron chi connectivity index (χ3n) is 2.24. The molecule has 3 N–H and O–H groups in total. The highest BCUT2D eigenvalue weighted by Crippen LogP contribution is 2.20. The molecule has 0 saturated carbocycles. The van der Waals surface area contributed by atoms with E-state index in [1.165, 1.54) is 0 Å². The minimum Gasteiger partial charge on any atom is -0.476 e. The third kappa shape index (κ3) is 1.64. The van der Waals surface area contributed by atoms with Crippen molar-refractivity contribution in [2.75, 3.05) is 0 Å². The first-order valence-electron chi connectivity index (χ1n) is 4.67. The van der Waals surface area contributed by atoms with Crippen molar-refractivity contribution < 1.29 is 9.90 Å². The molecule has 1 unspecified atom stereocenters. The fraction of sp³-hybridized carbons (Fsp3) is 0.200. The lowest BCUT2D eigenvalue weighted by molar-refractivity contribution is 0.0693. The van der Waals surface area contributed by atoms with Gasteiger partial charge in [-0.15, -0.1) is 0 Å². The summed E-state index contributed by atoms with van der Waals surface area (Å²) < 4.78 is 1.61. The number of aromatic nitrogens is 2. The predicted octanol–water partition coefficient (Wildman–Crippen LogP) is 1.71. The molecule has 0 aromatic carbocycles. The van der Waals surface area contributed by atoms with E-state index >= 15 is 0 Å². The Bertz CT molecular complexity index is 562. The Morgan fingerprint density at radius 2 is 2.31 bits per heavy atom. The summed E-state index contributed by atoms with van der Waals surface area (Å²) in [6, 6.07) is 2.87. The van der Waals surface area contributed by atoms with Gasteiger partial charge >= 0.3 is 5.97 Å². The van der Waals surface area contributed by atoms with Crippen LogP contribution in [-0.2, 0) is 0 Å². The SMILES string of the molecule is CC(N)c1nc(C(=O)O)c2ccc(Cl)cn12. The Morgan fingerprint density at radius 1 is 1.62 bits per heavy atom. The second kappa shape index (κ2) is 3.77. The highest BCUT2D eigenvalue weighted by molar-refractivity contribution is 6.30. The number of hydrogen-bond donors (Lipinski definition) is 2. The average Bonchev–Trinajstić information content (AvgIpc) is 2.56. The molecule has 0 radical (unpaired) electrons. The summed E-state index contributed by atoms with van der Waals surface area (Å²) in [6.45, 7) is 1.74. The first-order chi connectivity index (χ1) is 7.50. The van der Waals surface area contributed by atoms with Crippen molar-refractivity contribution >= 4 is 23.1 Å². The van der Waals surface area contributed by atoms with E-state index in [9.17, 15) is 4.79 Å². The Kier molecular flexibility index (Phi) is 2.57. The predicted molar refractivity (Wildman–Crippen MR) is 59.8 cm³/mol. The molecule has 6 heteroatoms. The molecule has 2 aromatic heterocycles. The molecule has 0 aliphatic rings. The molecule has 5 nitrogen and oxygen atoms in total. The minimum atomic E-state index is -1.08. The number of carbonyl (C=O) groups is 1. The van der Waals surface area contributed by atoms with Gasteiger partial charge in [-0.25, -0.2) is 9.78 Å². The van der Waals surface area contributed by atoms with Crippen molar-refractivity contribution in [3.05, 3.63) is 34.9 Å². The summed E-state index contributed by atoms with van der Waals surface area (Å²) in [7, 11) is 0. The smallest absolute Gasteiger partial charge is 0.356 e. The van der Waals surface area contributed by atoms with E-state index in [0.29, 0.717) is 16.4 Å². The first kappa shape index (κ1) is 10.9. The van der Waals surface area contributed by atoms with Gasteiger partial charge in [-0.1, -0.05) is 11.6 Å². The quantitative estimate of drug-likeness (QED) is 0.836. The summed E-state index contributed by atoms with van der Waals surface area (Å²) in [5.41, 5.74) is 6.20. The maximum absolute atomic E-state index is 11.0. The molecule has 0 bridgehead atoms. The van der Waals surface area contributed by atoms with Crippen molar-refractivity contribution in [1.82, 2.24) is 9.38 Å². The van der Waals surface area contributed by atoms with Crippen LogP contribution in [0.4, 0.5) is 0 Å². The Hall–Kier alpha value is -1.59. The summed E-state index contributed by atoms with van der Waals surface area (Å²) in [5, 5.41) is 9.50. The summed E-state index contributed by atoms with van der Waals surface area (Å²) in [6.07, 6.45) is 1.61. The molecular formula is C10H10ClN3O2. The highest BCUT2D eigenvalue weighted by Gasteiger charge is 2.18. The van der Waals surface area contributed by atoms with Crippen LogP contribution in [0.2, 0.25) is 5.02 Å². The normalized spacial score (nSPS) is 12.9. The van der Waals surface area contributed by atoms with Crippen LogP contribution in [0, 0.1) is 0 Å². The minimum absolute atomic E-state index is 0.0102. The van der Waals surface area contributed by atoms with E-state index in [1.807, 2.05) is 0 Å². The lowest BCUT2D eigenvalue weighted by Crippen LogP contribution is -2.09. The van der Waals surface area contributed by atoms with Crippen LogP contribution >= 0.6 is 11.6 Å². The van der Waals surface area contributed by atoms with E-state index in [-0.39, 0.29) is 11.7 Å². The van der Waals surface area contributed by atoms with Gasteiger partial charge in [0.15, 0.2) is 5.69 Å². The number of nitrogens with zero attached hydrogens (tertiary/aromatic N) is 2. The first-order valence-corrected chi connectivity index (χ1v) is 5.05. The second-order valence-corrected chi connectivity index (χ2v) is 3.95. The van der Waals surface area contributed by atoms with Crippen molar-refractivity contribution in [2.45, 2.75) is 13.0 Å². The van der Waals surface area contributed by atoms with Crippen molar-refractivity contribution in [1.29, 1.82) is 0 Å². The molecule has 84 valence electrons. The summed E-state index contributed by atoms with van der Waals surface area (Å²) >= 11 is 5.85. The van der Waals surface area contributed by atoms with Crippen molar-refractivity contribution in [3.63, 3.8) is 0 Å². The highest BCUT2D eigenvalue weighted by atomic mass is 35.5. The number of nitrogens with two attached hydrogens (primary N) is 1. The monoisotopic (exact) mass is 239 g/mol. The fourth-order valence-corrected chi connectivity index (χ4v) is 1.72. The number of hydrogen-bond acceptors (Lipinski definition) is 3. The van der Waals surface area contributed by atoms with Gasteiger partial charge in [-0.05, 0) is 19.1 Å². The Balaban J connectivity index is 2.81. The fourth-order valence-electron chi connectivity index (χ4n) is 1.56. The number of halogens is 1. The Labute approximate surface area is 96.5 Å². The van der Waals surface area contributed by atoms with Crippen LogP contribution < -0.4 is 5.73 Å². The maximum Gasteiger partial charge on any atom is 0.356 e. The van der Waals surface area contributed by atoms with Gasteiger partial charge in [-0.2, -0.15) is 0 Å². The van der Waals surface area contributed by atoms with Crippen LogP contribution in [0.25, 0.3) is 5.52 Å². The van der Waals surface area contributed by atoms with Crippen molar-refractivity contribution in [2.24, 2.45) is 5.73 Å². The summed E-state index contributed by atoms with van der Waals surface area (Å²) in [4.78, 5) is 15.0. The lowest BCUT2D eigenvalue weighted by Gasteiger charge is -2.03. The zero-order valence-corrected chi connectivity index (χ0v) is 9.27. The Morgan fingerprint density at radius 3 is 2.88 bits per heavy atom. The van der Waals surface area contributed by atoms with Gasteiger partial charge in [0.2, 0.25) is 0 Å². The number of fused-ring (bicyclic) bond motifs is 1. The molecule has 2 heterocycles. The van der Waals surface area contributed by atoms with Crippen LogP contribution in [0.3, 0.4) is 0 Å². The van der Waals surface area contributed by atoms with Gasteiger partial charge in [0.25, 0.3) is 0 Å². The second-order valence-electron chi connectivity index (χ2n) is 3.51. The van der Waals surface area contributed by atoms with E-state index in [1.54, 1.807) is 29.7 Å². The molecule has 2 rings (SSSR count). The maximum atomic E-state index is 11.0. The van der Waals surface area contributed by atoms with Crippen LogP contribution in [-0.4, -0.2) is 20.5 Å². The molecule has 2 aromatic rings. The molecule has 0 amide bonds. The number of carboxylic acid groups (broad SMARTS) is 1. The molecule has 16 heavy (non-hydrogen) atoms. The number of pyridine rings is 1. The number of aromatic carboxylic acids is 1. The van der Waals surface area contributed by atoms with Gasteiger partial charge in [0.1, 0.15) is 5.82 Å². The van der Waals surface area contributed by atoms with Crippen LogP contribution in [0.15, 0.2) is 18.3 Å². The van der Waals surface area contributed by atoms with Crippen LogP contribution in [0.1, 0.15) is 29.3 Å². The van der Waals surface area contributed by atoms with E-state index in [0.717, 1.165) is 0 Å². The topological polar surface area (TPSA) is 80.6 Å². The summed E-state index contributed by atoms with van der Waals surface area (Å²) in [5.74, 6) is -0.596. The van der Waals surface area contributed by atoms with E-state index < -0.39 is 5.97 Å². The van der Waals surface area contributed by atoms with Gasteiger partial charge in [0.05, 0.1) is 16.6 Å². The van der Waals surface area contributed by atoms with Gasteiger partial charge < -0.3 is 15.2 Å². The molecule has 1 atom stereocenters. The standard InChI is InChI=1S/C10H10ClN3O2/c1-5(12)9-13-8(10(15)16)7-3-2-6(11)4-14(7)9/h2-5H,12H2,1H3,(H,15,16). The van der Waals surface area contributed by atoms with E-state index in [2.05, 4.69) is 4.98 Å². The van der Waals surface area contributed by atoms with Crippen LogP contribution in [0.5, 0.6) is 0 Å². The third-order valence-corrected chi connectivity index (χ3v) is 2.46. The number of imidazole rings is 1. The molecule has 0 spiro atoms. The molecule has 0 fully saturated rings. The van der Waals surface area contributed by atoms with E-state index in [4.69, 9.17) is 22.4 Å². The number of rotatable bonds is 2.